The number of hydrogen-bond donors (Lipinski definition) is 0. The second-order valence-corrected chi connectivity index (χ2v) is 6.94. The average molecular weight is 348 g/mol. The normalized spacial score (nSPS) is 16.1. The van der Waals surface area contributed by atoms with Crippen molar-refractivity contribution in [1.29, 1.82) is 0 Å². The third-order valence-corrected chi connectivity index (χ3v) is 5.01. The number of hydrogen-bond acceptors (Lipinski definition) is 4. The second-order valence-electron chi connectivity index (χ2n) is 6.94. The minimum atomic E-state index is -0.102. The topological polar surface area (TPSA) is 44.8 Å². The Morgan fingerprint density at radius 2 is 1.88 bits per heavy atom. The summed E-state index contributed by atoms with van der Waals surface area (Å²) in [5.41, 5.74) is 4.90. The van der Waals surface area contributed by atoms with Gasteiger partial charge in [0.05, 0.1) is 19.3 Å². The standard InChI is InChI=1S/C21H32O4/c1-6-23-19(22)10-8-7-9-13-24-20-15(3)16(4)21-18(17(20)5)12-11-14(2)25-21/h14H,6-13H2,1-5H3. The van der Waals surface area contributed by atoms with Crippen LogP contribution in [0, 0.1) is 20.8 Å². The van der Waals surface area contributed by atoms with Crippen molar-refractivity contribution >= 4 is 5.97 Å². The third-order valence-electron chi connectivity index (χ3n) is 5.01. The molecule has 1 aromatic carbocycles. The highest BCUT2D eigenvalue weighted by molar-refractivity contribution is 5.69. The fourth-order valence-corrected chi connectivity index (χ4v) is 3.40. The summed E-state index contributed by atoms with van der Waals surface area (Å²) in [4.78, 5) is 11.3. The highest BCUT2D eigenvalue weighted by atomic mass is 16.5. The number of ether oxygens (including phenoxy) is 3. The van der Waals surface area contributed by atoms with Gasteiger partial charge in [0.1, 0.15) is 11.5 Å². The van der Waals surface area contributed by atoms with Crippen LogP contribution in [0.2, 0.25) is 0 Å². The molecule has 0 N–H and O–H groups in total. The molecule has 1 atom stereocenters. The first-order valence-corrected chi connectivity index (χ1v) is 9.53. The first-order chi connectivity index (χ1) is 12.0. The van der Waals surface area contributed by atoms with Gasteiger partial charge in [0.15, 0.2) is 0 Å². The van der Waals surface area contributed by atoms with E-state index in [1.165, 1.54) is 22.3 Å². The Hall–Kier alpha value is -1.71. The number of benzene rings is 1. The van der Waals surface area contributed by atoms with E-state index < -0.39 is 0 Å². The second kappa shape index (κ2) is 9.12. The molecule has 1 heterocycles. The zero-order chi connectivity index (χ0) is 18.4. The number of carbonyl (C=O) groups is 1. The maximum absolute atomic E-state index is 11.3. The van der Waals surface area contributed by atoms with E-state index >= 15 is 0 Å². The molecule has 4 heteroatoms. The van der Waals surface area contributed by atoms with Crippen molar-refractivity contribution in [3.8, 4) is 11.5 Å². The summed E-state index contributed by atoms with van der Waals surface area (Å²) in [5, 5.41) is 0. The Kier molecular flexibility index (Phi) is 7.15. The molecule has 140 valence electrons. The van der Waals surface area contributed by atoms with Gasteiger partial charge in [-0.15, -0.1) is 0 Å². The summed E-state index contributed by atoms with van der Waals surface area (Å²) >= 11 is 0. The molecule has 1 aliphatic heterocycles. The highest BCUT2D eigenvalue weighted by Gasteiger charge is 2.24. The minimum Gasteiger partial charge on any atom is -0.493 e. The lowest BCUT2D eigenvalue weighted by atomic mass is 9.92. The van der Waals surface area contributed by atoms with E-state index in [0.717, 1.165) is 43.6 Å². The lowest BCUT2D eigenvalue weighted by Crippen LogP contribution is -2.21. The van der Waals surface area contributed by atoms with E-state index in [1.54, 1.807) is 0 Å². The summed E-state index contributed by atoms with van der Waals surface area (Å²) in [6.45, 7) is 11.5. The van der Waals surface area contributed by atoms with Gasteiger partial charge in [0.2, 0.25) is 0 Å². The van der Waals surface area contributed by atoms with Gasteiger partial charge in [0.25, 0.3) is 0 Å². The van der Waals surface area contributed by atoms with Gasteiger partial charge >= 0.3 is 5.97 Å². The van der Waals surface area contributed by atoms with Gasteiger partial charge in [0, 0.05) is 12.0 Å². The largest absolute Gasteiger partial charge is 0.493 e. The van der Waals surface area contributed by atoms with Crippen LogP contribution in [0.25, 0.3) is 0 Å². The van der Waals surface area contributed by atoms with Crippen LogP contribution in [0.15, 0.2) is 0 Å². The molecule has 25 heavy (non-hydrogen) atoms. The van der Waals surface area contributed by atoms with Crippen LogP contribution in [0.4, 0.5) is 0 Å². The molecule has 0 aromatic heterocycles. The molecule has 4 nitrogen and oxygen atoms in total. The molecule has 0 fully saturated rings. The van der Waals surface area contributed by atoms with Crippen LogP contribution >= 0.6 is 0 Å². The molecule has 0 spiro atoms. The fraction of sp³-hybridized carbons (Fsp3) is 0.667. The van der Waals surface area contributed by atoms with Crippen molar-refractivity contribution in [2.24, 2.45) is 0 Å². The quantitative estimate of drug-likeness (QED) is 0.499. The molecule has 1 unspecified atom stereocenters. The first-order valence-electron chi connectivity index (χ1n) is 9.53. The van der Waals surface area contributed by atoms with Crippen LogP contribution in [-0.2, 0) is 16.0 Å². The summed E-state index contributed by atoms with van der Waals surface area (Å²) in [6, 6.07) is 0. The van der Waals surface area contributed by atoms with Gasteiger partial charge in [-0.25, -0.2) is 0 Å². The van der Waals surface area contributed by atoms with Crippen LogP contribution < -0.4 is 9.47 Å². The molecule has 2 rings (SSSR count). The fourth-order valence-electron chi connectivity index (χ4n) is 3.40. The Balaban J connectivity index is 1.90. The highest BCUT2D eigenvalue weighted by Crippen LogP contribution is 2.41. The molecule has 0 bridgehead atoms. The van der Waals surface area contributed by atoms with Crippen LogP contribution in [0.5, 0.6) is 11.5 Å². The molecule has 1 aromatic rings. The van der Waals surface area contributed by atoms with E-state index in [1.807, 2.05) is 6.92 Å². The molecule has 0 saturated carbocycles. The maximum Gasteiger partial charge on any atom is 0.305 e. The maximum atomic E-state index is 11.3. The Morgan fingerprint density at radius 1 is 1.12 bits per heavy atom. The SMILES string of the molecule is CCOC(=O)CCCCCOc1c(C)c(C)c2c(c1C)CCC(C)O2. The van der Waals surface area contributed by atoms with E-state index in [0.29, 0.717) is 19.6 Å². The van der Waals surface area contributed by atoms with Crippen LogP contribution in [-0.4, -0.2) is 25.3 Å². The predicted molar refractivity (Wildman–Crippen MR) is 99.7 cm³/mol. The summed E-state index contributed by atoms with van der Waals surface area (Å²) in [6.07, 6.45) is 5.68. The zero-order valence-corrected chi connectivity index (χ0v) is 16.4. The third kappa shape index (κ3) is 4.90. The molecule has 0 amide bonds. The van der Waals surface area contributed by atoms with Crippen molar-refractivity contribution in [2.75, 3.05) is 13.2 Å². The van der Waals surface area contributed by atoms with E-state index in [2.05, 4.69) is 27.7 Å². The number of esters is 1. The Morgan fingerprint density at radius 3 is 2.60 bits per heavy atom. The number of fused-ring (bicyclic) bond motifs is 1. The molecule has 0 radical (unpaired) electrons. The van der Waals surface area contributed by atoms with Crippen molar-refractivity contribution in [2.45, 2.75) is 79.2 Å². The molecule has 1 aliphatic rings. The average Bonchev–Trinajstić information content (AvgIpc) is 2.58. The molecular formula is C21H32O4. The van der Waals surface area contributed by atoms with Gasteiger partial charge < -0.3 is 14.2 Å². The lowest BCUT2D eigenvalue weighted by Gasteiger charge is -2.29. The van der Waals surface area contributed by atoms with Gasteiger partial charge in [-0.2, -0.15) is 0 Å². The number of rotatable bonds is 8. The van der Waals surface area contributed by atoms with E-state index in [4.69, 9.17) is 14.2 Å². The summed E-state index contributed by atoms with van der Waals surface area (Å²) in [5.74, 6) is 1.98. The Bertz CT molecular complexity index is 607. The molecule has 0 saturated heterocycles. The van der Waals surface area contributed by atoms with Crippen molar-refractivity contribution in [3.05, 3.63) is 22.3 Å². The molecule has 0 aliphatic carbocycles. The van der Waals surface area contributed by atoms with Crippen LogP contribution in [0.1, 0.15) is 68.2 Å². The number of unbranched alkanes of at least 4 members (excludes halogenated alkanes) is 2. The summed E-state index contributed by atoms with van der Waals surface area (Å²) < 4.78 is 17.1. The van der Waals surface area contributed by atoms with Crippen molar-refractivity contribution in [1.82, 2.24) is 0 Å². The van der Waals surface area contributed by atoms with E-state index in [-0.39, 0.29) is 12.1 Å². The van der Waals surface area contributed by atoms with Gasteiger partial charge in [-0.1, -0.05) is 0 Å². The smallest absolute Gasteiger partial charge is 0.305 e. The van der Waals surface area contributed by atoms with Gasteiger partial charge in [-0.05, 0) is 83.4 Å². The molecular weight excluding hydrogens is 316 g/mol. The summed E-state index contributed by atoms with van der Waals surface area (Å²) in [7, 11) is 0. The first kappa shape index (κ1) is 19.6. The van der Waals surface area contributed by atoms with E-state index in [9.17, 15) is 4.79 Å². The van der Waals surface area contributed by atoms with Crippen molar-refractivity contribution in [3.63, 3.8) is 0 Å². The zero-order valence-electron chi connectivity index (χ0n) is 16.4. The van der Waals surface area contributed by atoms with Gasteiger partial charge in [-0.3, -0.25) is 4.79 Å². The Labute approximate surface area is 151 Å². The van der Waals surface area contributed by atoms with Crippen molar-refractivity contribution < 1.29 is 19.0 Å². The monoisotopic (exact) mass is 348 g/mol. The van der Waals surface area contributed by atoms with Crippen LogP contribution in [0.3, 0.4) is 0 Å². The minimum absolute atomic E-state index is 0.102. The number of carbonyl (C=O) groups excluding carboxylic acids is 1. The lowest BCUT2D eigenvalue weighted by molar-refractivity contribution is -0.143. The predicted octanol–water partition coefficient (Wildman–Crippen LogP) is 4.83.